The van der Waals surface area contributed by atoms with Gasteiger partial charge in [0.15, 0.2) is 0 Å². The molecule has 1 aromatic carbocycles. The Balaban J connectivity index is 2.50. The summed E-state index contributed by atoms with van der Waals surface area (Å²) < 4.78 is 36.1. The van der Waals surface area contributed by atoms with Crippen LogP contribution < -0.4 is 4.74 Å². The summed E-state index contributed by atoms with van der Waals surface area (Å²) in [5.41, 5.74) is 0.837. The van der Waals surface area contributed by atoms with E-state index in [0.717, 1.165) is 12.6 Å². The van der Waals surface area contributed by atoms with Gasteiger partial charge >= 0.3 is 10.3 Å². The Labute approximate surface area is 117 Å². The van der Waals surface area contributed by atoms with Gasteiger partial charge in [0.1, 0.15) is 18.5 Å². The molecule has 1 rings (SSSR count). The summed E-state index contributed by atoms with van der Waals surface area (Å²) in [6.07, 6.45) is -1.05. The van der Waals surface area contributed by atoms with E-state index in [1.54, 1.807) is 18.2 Å². The van der Waals surface area contributed by atoms with Gasteiger partial charge in [-0.1, -0.05) is 11.6 Å². The summed E-state index contributed by atoms with van der Waals surface area (Å²) in [7, 11) is -3.14. The molecule has 0 unspecified atom stereocenters. The summed E-state index contributed by atoms with van der Waals surface area (Å²) in [6.45, 7) is 1.46. The molecule has 1 atom stereocenters. The number of hydrogen-bond donors (Lipinski definition) is 2. The summed E-state index contributed by atoms with van der Waals surface area (Å²) in [6, 6.07) is 5.03. The van der Waals surface area contributed by atoms with Crippen molar-refractivity contribution in [1.82, 2.24) is 4.31 Å². The lowest BCUT2D eigenvalue weighted by Gasteiger charge is -2.18. The second kappa shape index (κ2) is 6.53. The number of aryl methyl sites for hydroxylation is 1. The van der Waals surface area contributed by atoms with Gasteiger partial charge in [0.05, 0.1) is 0 Å². The lowest BCUT2D eigenvalue weighted by atomic mass is 10.2. The predicted octanol–water partition coefficient (Wildman–Crippen LogP) is 1.12. The number of hydrogen-bond acceptors (Lipinski definition) is 4. The van der Waals surface area contributed by atoms with Crippen LogP contribution in [0.25, 0.3) is 0 Å². The minimum Gasteiger partial charge on any atom is -0.491 e. The van der Waals surface area contributed by atoms with Crippen LogP contribution in [-0.2, 0) is 10.3 Å². The fourth-order valence-electron chi connectivity index (χ4n) is 1.34. The molecule has 1 aromatic rings. The number of benzene rings is 1. The van der Waals surface area contributed by atoms with Gasteiger partial charge in [-0.05, 0) is 30.7 Å². The number of aliphatic hydroxyl groups is 1. The smallest absolute Gasteiger partial charge is 0.335 e. The molecule has 0 spiro atoms. The molecule has 8 heteroatoms. The largest absolute Gasteiger partial charge is 0.491 e. The van der Waals surface area contributed by atoms with Crippen LogP contribution in [0.3, 0.4) is 0 Å². The van der Waals surface area contributed by atoms with Crippen molar-refractivity contribution >= 4 is 21.9 Å². The Hall–Kier alpha value is -0.860. The molecule has 0 aliphatic heterocycles. The average molecular weight is 310 g/mol. The standard InChI is InChI=1S/C11H16ClNO5S/c1-8-5-10(3-4-11(8)12)18-7-9(14)6-13(2)19(15,16)17/h3-5,9,14H,6-7H2,1-2H3,(H,15,16,17)/t9-/m1/s1. The fourth-order valence-corrected chi connectivity index (χ4v) is 1.82. The van der Waals surface area contributed by atoms with Crippen molar-refractivity contribution in [2.45, 2.75) is 13.0 Å². The van der Waals surface area contributed by atoms with Crippen molar-refractivity contribution < 1.29 is 22.8 Å². The Morgan fingerprint density at radius 2 is 2.11 bits per heavy atom. The SMILES string of the molecule is Cc1cc(OC[C@H](O)CN(C)S(=O)(=O)O)ccc1Cl. The zero-order valence-corrected chi connectivity index (χ0v) is 12.1. The minimum atomic E-state index is -4.29. The molecule has 0 aromatic heterocycles. The first-order valence-electron chi connectivity index (χ1n) is 5.46. The van der Waals surface area contributed by atoms with Crippen molar-refractivity contribution in [2.75, 3.05) is 20.2 Å². The van der Waals surface area contributed by atoms with Crippen LogP contribution in [0.1, 0.15) is 5.56 Å². The van der Waals surface area contributed by atoms with E-state index < -0.39 is 16.4 Å². The molecule has 0 saturated heterocycles. The highest BCUT2D eigenvalue weighted by Crippen LogP contribution is 2.21. The van der Waals surface area contributed by atoms with E-state index in [2.05, 4.69) is 0 Å². The molecule has 0 saturated carbocycles. The molecule has 6 nitrogen and oxygen atoms in total. The molecule has 0 amide bonds. The number of likely N-dealkylation sites (N-methyl/N-ethyl adjacent to an activating group) is 1. The predicted molar refractivity (Wildman–Crippen MR) is 71.9 cm³/mol. The number of halogens is 1. The van der Waals surface area contributed by atoms with Crippen LogP contribution in [0.5, 0.6) is 5.75 Å². The summed E-state index contributed by atoms with van der Waals surface area (Å²) in [5, 5.41) is 10.2. The number of rotatable bonds is 6. The number of aliphatic hydroxyl groups excluding tert-OH is 1. The topological polar surface area (TPSA) is 87.1 Å². The first-order chi connectivity index (χ1) is 8.70. The van der Waals surface area contributed by atoms with Crippen LogP contribution in [0.4, 0.5) is 0 Å². The molecule has 19 heavy (non-hydrogen) atoms. The summed E-state index contributed by atoms with van der Waals surface area (Å²) in [4.78, 5) is 0. The van der Waals surface area contributed by atoms with E-state index in [-0.39, 0.29) is 13.2 Å². The lowest BCUT2D eigenvalue weighted by molar-refractivity contribution is 0.0918. The monoisotopic (exact) mass is 309 g/mol. The fraction of sp³-hybridized carbons (Fsp3) is 0.455. The van der Waals surface area contributed by atoms with Crippen molar-refractivity contribution in [1.29, 1.82) is 0 Å². The Bertz CT molecular complexity index is 534. The van der Waals surface area contributed by atoms with Gasteiger partial charge in [-0.3, -0.25) is 4.55 Å². The van der Waals surface area contributed by atoms with E-state index in [4.69, 9.17) is 20.9 Å². The molecule has 2 N–H and O–H groups in total. The maximum Gasteiger partial charge on any atom is 0.335 e. The Morgan fingerprint density at radius 3 is 2.63 bits per heavy atom. The van der Waals surface area contributed by atoms with Gasteiger partial charge in [0.2, 0.25) is 0 Å². The van der Waals surface area contributed by atoms with Gasteiger partial charge < -0.3 is 9.84 Å². The number of ether oxygens (including phenoxy) is 1. The first-order valence-corrected chi connectivity index (χ1v) is 7.23. The molecular weight excluding hydrogens is 294 g/mol. The number of nitrogens with zero attached hydrogens (tertiary/aromatic N) is 1. The van der Waals surface area contributed by atoms with Crippen LogP contribution in [-0.4, -0.2) is 48.7 Å². The van der Waals surface area contributed by atoms with E-state index >= 15 is 0 Å². The zero-order valence-electron chi connectivity index (χ0n) is 10.6. The van der Waals surface area contributed by atoms with Gasteiger partial charge in [0, 0.05) is 18.6 Å². The first kappa shape index (κ1) is 16.2. The molecule has 0 aliphatic carbocycles. The zero-order chi connectivity index (χ0) is 14.6. The second-order valence-electron chi connectivity index (χ2n) is 4.13. The third kappa shape index (κ3) is 5.33. The van der Waals surface area contributed by atoms with E-state index in [1.807, 2.05) is 6.92 Å². The van der Waals surface area contributed by atoms with Crippen molar-refractivity contribution in [2.24, 2.45) is 0 Å². The highest BCUT2D eigenvalue weighted by molar-refractivity contribution is 7.83. The quantitative estimate of drug-likeness (QED) is 0.769. The summed E-state index contributed by atoms with van der Waals surface area (Å²) >= 11 is 5.86. The van der Waals surface area contributed by atoms with Gasteiger partial charge in [0.25, 0.3) is 0 Å². The van der Waals surface area contributed by atoms with Crippen molar-refractivity contribution in [3.05, 3.63) is 28.8 Å². The highest BCUT2D eigenvalue weighted by Gasteiger charge is 2.18. The van der Waals surface area contributed by atoms with Crippen molar-refractivity contribution in [3.8, 4) is 5.75 Å². The average Bonchev–Trinajstić information content (AvgIpc) is 2.29. The molecule has 0 heterocycles. The van der Waals surface area contributed by atoms with Gasteiger partial charge in [-0.15, -0.1) is 0 Å². The van der Waals surface area contributed by atoms with Crippen LogP contribution in [0.2, 0.25) is 5.02 Å². The Kier molecular flexibility index (Phi) is 5.57. The molecule has 108 valence electrons. The molecule has 0 bridgehead atoms. The van der Waals surface area contributed by atoms with E-state index in [0.29, 0.717) is 15.1 Å². The van der Waals surface area contributed by atoms with Crippen molar-refractivity contribution in [3.63, 3.8) is 0 Å². The lowest BCUT2D eigenvalue weighted by Crippen LogP contribution is -2.36. The maximum atomic E-state index is 10.7. The third-order valence-electron chi connectivity index (χ3n) is 2.43. The second-order valence-corrected chi connectivity index (χ2v) is 6.06. The molecular formula is C11H16ClNO5S. The molecule has 0 fully saturated rings. The molecule has 0 radical (unpaired) electrons. The Morgan fingerprint density at radius 1 is 1.47 bits per heavy atom. The van der Waals surface area contributed by atoms with Crippen LogP contribution in [0.15, 0.2) is 18.2 Å². The summed E-state index contributed by atoms with van der Waals surface area (Å²) in [5.74, 6) is 0.524. The maximum absolute atomic E-state index is 10.7. The van der Waals surface area contributed by atoms with Crippen LogP contribution >= 0.6 is 11.6 Å². The van der Waals surface area contributed by atoms with E-state index in [1.165, 1.54) is 0 Å². The molecule has 0 aliphatic rings. The normalized spacial score (nSPS) is 13.6. The van der Waals surface area contributed by atoms with Gasteiger partial charge in [-0.2, -0.15) is 12.7 Å². The van der Waals surface area contributed by atoms with Gasteiger partial charge in [-0.25, -0.2) is 0 Å². The minimum absolute atomic E-state index is 0.0963. The highest BCUT2D eigenvalue weighted by atomic mass is 35.5. The third-order valence-corrected chi connectivity index (χ3v) is 3.79. The van der Waals surface area contributed by atoms with Crippen LogP contribution in [0, 0.1) is 6.92 Å². The van der Waals surface area contributed by atoms with E-state index in [9.17, 15) is 13.5 Å².